The molecule has 0 bridgehead atoms. The number of imidazole rings is 1. The Bertz CT molecular complexity index is 782. The summed E-state index contributed by atoms with van der Waals surface area (Å²) in [4.78, 5) is 4.33. The Hall–Kier alpha value is -1.59. The molecule has 3 aromatic rings. The number of alkyl halides is 1. The van der Waals surface area contributed by atoms with E-state index in [1.807, 2.05) is 6.07 Å². The van der Waals surface area contributed by atoms with Gasteiger partial charge in [0.15, 0.2) is 0 Å². The van der Waals surface area contributed by atoms with Crippen LogP contribution in [0.3, 0.4) is 0 Å². The Labute approximate surface area is 131 Å². The van der Waals surface area contributed by atoms with Crippen LogP contribution in [0.2, 0.25) is 5.02 Å². The number of para-hydroxylation sites is 2. The second kappa shape index (κ2) is 5.31. The van der Waals surface area contributed by atoms with Crippen molar-refractivity contribution in [1.82, 2.24) is 9.55 Å². The Morgan fingerprint density at radius 1 is 1.05 bits per heavy atom. The maximum atomic E-state index is 10.6. The number of aliphatic hydroxyl groups is 2. The molecular formula is C15H12Cl2N2O2. The molecule has 0 spiro atoms. The van der Waals surface area contributed by atoms with Crippen LogP contribution in [0.1, 0.15) is 11.4 Å². The second-order valence-corrected chi connectivity index (χ2v) is 5.33. The van der Waals surface area contributed by atoms with E-state index >= 15 is 0 Å². The van der Waals surface area contributed by atoms with Crippen molar-refractivity contribution < 1.29 is 10.2 Å². The van der Waals surface area contributed by atoms with Crippen LogP contribution in [0.25, 0.3) is 11.0 Å². The summed E-state index contributed by atoms with van der Waals surface area (Å²) in [6.07, 6.45) is 0. The van der Waals surface area contributed by atoms with Crippen molar-refractivity contribution >= 4 is 34.2 Å². The van der Waals surface area contributed by atoms with Crippen molar-refractivity contribution in [3.63, 3.8) is 0 Å². The minimum absolute atomic E-state index is 0.0607. The van der Waals surface area contributed by atoms with E-state index in [-0.39, 0.29) is 11.4 Å². The van der Waals surface area contributed by atoms with Gasteiger partial charge in [0.1, 0.15) is 5.82 Å². The predicted molar refractivity (Wildman–Crippen MR) is 82.3 cm³/mol. The molecule has 0 unspecified atom stereocenters. The summed E-state index contributed by atoms with van der Waals surface area (Å²) < 4.78 is 1.32. The third kappa shape index (κ3) is 2.40. The summed E-state index contributed by atoms with van der Waals surface area (Å²) in [7, 11) is 0. The van der Waals surface area contributed by atoms with E-state index in [0.29, 0.717) is 21.9 Å². The van der Waals surface area contributed by atoms with Gasteiger partial charge in [-0.05, 0) is 24.3 Å². The van der Waals surface area contributed by atoms with Gasteiger partial charge in [0, 0.05) is 10.6 Å². The van der Waals surface area contributed by atoms with Crippen molar-refractivity contribution in [2.24, 2.45) is 0 Å². The van der Waals surface area contributed by atoms with Crippen molar-refractivity contribution in [3.05, 3.63) is 64.9 Å². The number of rotatable bonds is 3. The minimum atomic E-state index is -2.26. The van der Waals surface area contributed by atoms with Crippen LogP contribution in [-0.4, -0.2) is 19.8 Å². The highest BCUT2D eigenvalue weighted by atomic mass is 35.5. The number of nitrogens with zero attached hydrogens (tertiary/aromatic N) is 2. The highest BCUT2D eigenvalue weighted by Gasteiger charge is 2.32. The van der Waals surface area contributed by atoms with Crippen LogP contribution < -0.4 is 0 Å². The first-order valence-electron chi connectivity index (χ1n) is 6.27. The third-order valence-electron chi connectivity index (χ3n) is 3.29. The third-order valence-corrected chi connectivity index (χ3v) is 3.78. The summed E-state index contributed by atoms with van der Waals surface area (Å²) in [5.41, 5.74) is 1.52. The average molecular weight is 323 g/mol. The maximum absolute atomic E-state index is 10.6. The molecule has 1 aromatic heterocycles. The van der Waals surface area contributed by atoms with E-state index in [1.165, 1.54) is 4.57 Å². The lowest BCUT2D eigenvalue weighted by Crippen LogP contribution is -2.35. The van der Waals surface area contributed by atoms with E-state index < -0.39 is 5.91 Å². The number of aromatic nitrogens is 2. The average Bonchev–Trinajstić information content (AvgIpc) is 2.87. The fourth-order valence-corrected chi connectivity index (χ4v) is 2.62. The number of halogens is 2. The number of hydrogen-bond acceptors (Lipinski definition) is 3. The SMILES string of the molecule is OC(O)(c1ccc(Cl)cc1)n1c(CCl)nc2ccccc21. The zero-order chi connectivity index (χ0) is 15.0. The van der Waals surface area contributed by atoms with E-state index in [4.69, 9.17) is 23.2 Å². The Kier molecular flexibility index (Phi) is 3.63. The number of benzene rings is 2. The number of hydrogen-bond donors (Lipinski definition) is 2. The Balaban J connectivity index is 2.24. The predicted octanol–water partition coefficient (Wildman–Crippen LogP) is 3.07. The first kappa shape index (κ1) is 14.4. The molecule has 2 aromatic carbocycles. The van der Waals surface area contributed by atoms with Crippen molar-refractivity contribution in [3.8, 4) is 0 Å². The van der Waals surface area contributed by atoms with Crippen molar-refractivity contribution in [2.45, 2.75) is 11.8 Å². The molecule has 0 radical (unpaired) electrons. The molecule has 6 heteroatoms. The van der Waals surface area contributed by atoms with E-state index in [2.05, 4.69) is 4.98 Å². The molecule has 2 N–H and O–H groups in total. The van der Waals surface area contributed by atoms with Gasteiger partial charge in [-0.1, -0.05) is 35.9 Å². The van der Waals surface area contributed by atoms with Gasteiger partial charge in [0.05, 0.1) is 16.9 Å². The normalized spacial score (nSPS) is 12.0. The lowest BCUT2D eigenvalue weighted by atomic mass is 10.1. The fourth-order valence-electron chi connectivity index (χ4n) is 2.32. The van der Waals surface area contributed by atoms with Crippen LogP contribution in [0.4, 0.5) is 0 Å². The first-order valence-corrected chi connectivity index (χ1v) is 7.19. The second-order valence-electron chi connectivity index (χ2n) is 4.63. The molecule has 0 atom stereocenters. The minimum Gasteiger partial charge on any atom is -0.345 e. The van der Waals surface area contributed by atoms with Gasteiger partial charge < -0.3 is 10.2 Å². The zero-order valence-electron chi connectivity index (χ0n) is 10.9. The van der Waals surface area contributed by atoms with Gasteiger partial charge in [0.2, 0.25) is 0 Å². The molecule has 0 saturated carbocycles. The van der Waals surface area contributed by atoms with Gasteiger partial charge in [-0.25, -0.2) is 4.98 Å². The van der Waals surface area contributed by atoms with Crippen LogP contribution in [-0.2, 0) is 11.8 Å². The van der Waals surface area contributed by atoms with E-state index in [1.54, 1.807) is 42.5 Å². The summed E-state index contributed by atoms with van der Waals surface area (Å²) in [5, 5.41) is 21.8. The van der Waals surface area contributed by atoms with Gasteiger partial charge in [-0.3, -0.25) is 4.57 Å². The van der Waals surface area contributed by atoms with Crippen LogP contribution in [0, 0.1) is 0 Å². The molecule has 3 rings (SSSR count). The Morgan fingerprint density at radius 3 is 2.38 bits per heavy atom. The monoisotopic (exact) mass is 322 g/mol. The quantitative estimate of drug-likeness (QED) is 0.575. The summed E-state index contributed by atoms with van der Waals surface area (Å²) in [5.74, 6) is -1.83. The molecular weight excluding hydrogens is 311 g/mol. The smallest absolute Gasteiger partial charge is 0.280 e. The van der Waals surface area contributed by atoms with Gasteiger partial charge in [0.25, 0.3) is 5.91 Å². The summed E-state index contributed by atoms with van der Waals surface area (Å²) >= 11 is 11.7. The molecule has 0 amide bonds. The molecule has 108 valence electrons. The molecule has 0 saturated heterocycles. The topological polar surface area (TPSA) is 58.3 Å². The van der Waals surface area contributed by atoms with Crippen LogP contribution in [0.5, 0.6) is 0 Å². The van der Waals surface area contributed by atoms with Crippen molar-refractivity contribution in [1.29, 1.82) is 0 Å². The Morgan fingerprint density at radius 2 is 1.71 bits per heavy atom. The lowest BCUT2D eigenvalue weighted by molar-refractivity contribution is -0.190. The van der Waals surface area contributed by atoms with Crippen LogP contribution >= 0.6 is 23.2 Å². The molecule has 0 fully saturated rings. The summed E-state index contributed by atoms with van der Waals surface area (Å²) in [6.45, 7) is 0. The number of fused-ring (bicyclic) bond motifs is 1. The van der Waals surface area contributed by atoms with E-state index in [0.717, 1.165) is 0 Å². The first-order chi connectivity index (χ1) is 10.0. The van der Waals surface area contributed by atoms with E-state index in [9.17, 15) is 10.2 Å². The highest BCUT2D eigenvalue weighted by molar-refractivity contribution is 6.30. The van der Waals surface area contributed by atoms with Gasteiger partial charge in [-0.15, -0.1) is 11.6 Å². The zero-order valence-corrected chi connectivity index (χ0v) is 12.4. The maximum Gasteiger partial charge on any atom is 0.280 e. The molecule has 0 aliphatic carbocycles. The molecule has 0 aliphatic rings. The molecule has 21 heavy (non-hydrogen) atoms. The van der Waals surface area contributed by atoms with Crippen molar-refractivity contribution in [2.75, 3.05) is 0 Å². The van der Waals surface area contributed by atoms with Gasteiger partial charge in [-0.2, -0.15) is 0 Å². The molecule has 1 heterocycles. The van der Waals surface area contributed by atoms with Gasteiger partial charge >= 0.3 is 0 Å². The lowest BCUT2D eigenvalue weighted by Gasteiger charge is -2.26. The summed E-state index contributed by atoms with van der Waals surface area (Å²) in [6, 6.07) is 13.5. The largest absolute Gasteiger partial charge is 0.345 e. The standard InChI is InChI=1S/C15H12Cl2N2O2/c16-9-14-18-12-3-1-2-4-13(12)19(14)15(20,21)10-5-7-11(17)8-6-10/h1-8,20-21H,9H2. The molecule has 4 nitrogen and oxygen atoms in total. The fraction of sp³-hybridized carbons (Fsp3) is 0.133. The highest BCUT2D eigenvalue weighted by Crippen LogP contribution is 2.29. The molecule has 0 aliphatic heterocycles. The van der Waals surface area contributed by atoms with Crippen LogP contribution in [0.15, 0.2) is 48.5 Å².